The fourth-order valence-corrected chi connectivity index (χ4v) is 2.79. The van der Waals surface area contributed by atoms with Gasteiger partial charge in [-0.2, -0.15) is 0 Å². The molecule has 0 bridgehead atoms. The van der Waals surface area contributed by atoms with Gasteiger partial charge in [0.2, 0.25) is 0 Å². The second-order valence-corrected chi connectivity index (χ2v) is 5.29. The van der Waals surface area contributed by atoms with Gasteiger partial charge in [-0.15, -0.1) is 0 Å². The van der Waals surface area contributed by atoms with Crippen LogP contribution in [0.5, 0.6) is 0 Å². The summed E-state index contributed by atoms with van der Waals surface area (Å²) in [5.41, 5.74) is 0.536. The predicted octanol–water partition coefficient (Wildman–Crippen LogP) is 3.32. The van der Waals surface area contributed by atoms with Gasteiger partial charge in [0.1, 0.15) is 11.6 Å². The average molecular weight is 268 g/mol. The first-order valence-corrected chi connectivity index (χ1v) is 7.05. The molecule has 1 heterocycles. The van der Waals surface area contributed by atoms with E-state index < -0.39 is 11.6 Å². The highest BCUT2D eigenvalue weighted by Gasteiger charge is 2.31. The van der Waals surface area contributed by atoms with Crippen molar-refractivity contribution in [2.45, 2.75) is 38.6 Å². The number of anilines is 1. The quantitative estimate of drug-likeness (QED) is 0.904. The summed E-state index contributed by atoms with van der Waals surface area (Å²) >= 11 is 0. The third-order valence-corrected chi connectivity index (χ3v) is 4.20. The van der Waals surface area contributed by atoms with Crippen LogP contribution in [-0.4, -0.2) is 25.2 Å². The number of rotatable bonds is 3. The summed E-state index contributed by atoms with van der Waals surface area (Å²) in [5.74, 6) is -0.991. The highest BCUT2D eigenvalue weighted by atomic mass is 19.1. The lowest BCUT2D eigenvalue weighted by molar-refractivity contribution is 0.321. The molecule has 0 atom stereocenters. The lowest BCUT2D eigenvalue weighted by Crippen LogP contribution is -2.50. The Bertz CT molecular complexity index is 430. The van der Waals surface area contributed by atoms with E-state index in [4.69, 9.17) is 0 Å². The Kier molecular flexibility index (Phi) is 4.40. The monoisotopic (exact) mass is 268 g/mol. The van der Waals surface area contributed by atoms with Crippen LogP contribution < -0.4 is 10.2 Å². The molecule has 1 aromatic rings. The van der Waals surface area contributed by atoms with Crippen LogP contribution in [0.4, 0.5) is 14.5 Å². The van der Waals surface area contributed by atoms with E-state index in [0.717, 1.165) is 45.0 Å². The van der Waals surface area contributed by atoms with Gasteiger partial charge in [0, 0.05) is 24.7 Å². The van der Waals surface area contributed by atoms with Gasteiger partial charge in [-0.3, -0.25) is 0 Å². The number of benzene rings is 1. The summed E-state index contributed by atoms with van der Waals surface area (Å²) in [5, 5.41) is 3.59. The number of halogens is 2. The van der Waals surface area contributed by atoms with Crippen LogP contribution in [0.1, 0.15) is 33.1 Å². The van der Waals surface area contributed by atoms with Gasteiger partial charge in [-0.25, -0.2) is 8.78 Å². The van der Waals surface area contributed by atoms with Crippen molar-refractivity contribution in [2.24, 2.45) is 0 Å². The van der Waals surface area contributed by atoms with E-state index in [-0.39, 0.29) is 5.54 Å². The van der Waals surface area contributed by atoms with Crippen molar-refractivity contribution in [3.63, 3.8) is 0 Å². The molecule has 1 aromatic carbocycles. The zero-order chi connectivity index (χ0) is 13.9. The molecule has 19 heavy (non-hydrogen) atoms. The highest BCUT2D eigenvalue weighted by Crippen LogP contribution is 2.26. The smallest absolute Gasteiger partial charge is 0.149 e. The molecule has 0 spiro atoms. The van der Waals surface area contributed by atoms with Crippen LogP contribution >= 0.6 is 0 Å². The molecule has 1 fully saturated rings. The summed E-state index contributed by atoms with van der Waals surface area (Å²) < 4.78 is 26.9. The average Bonchev–Trinajstić information content (AvgIpc) is 2.62. The standard InChI is InChI=1S/C15H22F2N2/c1-3-15(4-2)11-19(9-5-8-18-15)14-7-6-12(16)10-13(14)17/h6-7,10,18H,3-5,8-9,11H2,1-2H3. The van der Waals surface area contributed by atoms with E-state index in [1.54, 1.807) is 6.07 Å². The zero-order valence-corrected chi connectivity index (χ0v) is 11.7. The maximum absolute atomic E-state index is 13.9. The Hall–Kier alpha value is -1.16. The summed E-state index contributed by atoms with van der Waals surface area (Å²) in [7, 11) is 0. The Labute approximate surface area is 113 Å². The maximum Gasteiger partial charge on any atom is 0.149 e. The molecule has 2 rings (SSSR count). The van der Waals surface area contributed by atoms with Gasteiger partial charge in [-0.05, 0) is 37.9 Å². The lowest BCUT2D eigenvalue weighted by Gasteiger charge is -2.36. The Morgan fingerprint density at radius 1 is 1.26 bits per heavy atom. The molecule has 1 N–H and O–H groups in total. The molecule has 0 aliphatic carbocycles. The summed E-state index contributed by atoms with van der Waals surface area (Å²) in [4.78, 5) is 2.04. The normalized spacial score (nSPS) is 19.3. The fraction of sp³-hybridized carbons (Fsp3) is 0.600. The molecule has 0 radical (unpaired) electrons. The van der Waals surface area contributed by atoms with Crippen molar-refractivity contribution in [3.8, 4) is 0 Å². The molecule has 0 amide bonds. The van der Waals surface area contributed by atoms with Crippen molar-refractivity contribution < 1.29 is 8.78 Å². The topological polar surface area (TPSA) is 15.3 Å². The van der Waals surface area contributed by atoms with Crippen molar-refractivity contribution in [1.82, 2.24) is 5.32 Å². The summed E-state index contributed by atoms with van der Waals surface area (Å²) in [6.07, 6.45) is 2.98. The van der Waals surface area contributed by atoms with E-state index in [9.17, 15) is 8.78 Å². The van der Waals surface area contributed by atoms with E-state index in [0.29, 0.717) is 5.69 Å². The molecule has 2 nitrogen and oxygen atoms in total. The third kappa shape index (κ3) is 3.06. The molecule has 106 valence electrons. The molecule has 1 aliphatic heterocycles. The van der Waals surface area contributed by atoms with Crippen LogP contribution in [0.15, 0.2) is 18.2 Å². The highest BCUT2D eigenvalue weighted by molar-refractivity contribution is 5.48. The second-order valence-electron chi connectivity index (χ2n) is 5.29. The molecule has 0 unspecified atom stereocenters. The fourth-order valence-electron chi connectivity index (χ4n) is 2.79. The number of hydrogen-bond donors (Lipinski definition) is 1. The van der Waals surface area contributed by atoms with Gasteiger partial charge in [0.05, 0.1) is 5.69 Å². The van der Waals surface area contributed by atoms with E-state index in [1.807, 2.05) is 4.90 Å². The van der Waals surface area contributed by atoms with Gasteiger partial charge in [0.15, 0.2) is 0 Å². The first-order valence-electron chi connectivity index (χ1n) is 7.05. The van der Waals surface area contributed by atoms with Crippen LogP contribution in [-0.2, 0) is 0 Å². The molecule has 1 aliphatic rings. The van der Waals surface area contributed by atoms with Gasteiger partial charge < -0.3 is 10.2 Å². The second kappa shape index (κ2) is 5.87. The van der Waals surface area contributed by atoms with Gasteiger partial charge >= 0.3 is 0 Å². The Morgan fingerprint density at radius 2 is 2.00 bits per heavy atom. The van der Waals surface area contributed by atoms with Crippen LogP contribution in [0.2, 0.25) is 0 Å². The first-order chi connectivity index (χ1) is 9.10. The van der Waals surface area contributed by atoms with Crippen LogP contribution in [0, 0.1) is 11.6 Å². The predicted molar refractivity (Wildman–Crippen MR) is 74.5 cm³/mol. The minimum absolute atomic E-state index is 0.0251. The molecule has 1 saturated heterocycles. The van der Waals surface area contributed by atoms with Crippen molar-refractivity contribution in [1.29, 1.82) is 0 Å². The zero-order valence-electron chi connectivity index (χ0n) is 11.7. The molecule has 0 aromatic heterocycles. The Morgan fingerprint density at radius 3 is 2.63 bits per heavy atom. The summed E-state index contributed by atoms with van der Waals surface area (Å²) in [6, 6.07) is 3.84. The first kappa shape index (κ1) is 14.3. The number of nitrogens with zero attached hydrogens (tertiary/aromatic N) is 1. The Balaban J connectivity index is 2.27. The van der Waals surface area contributed by atoms with Crippen molar-refractivity contribution >= 4 is 5.69 Å². The molecule has 0 saturated carbocycles. The SMILES string of the molecule is CCC1(CC)CN(c2ccc(F)cc2F)CCCN1. The largest absolute Gasteiger partial charge is 0.367 e. The van der Waals surface area contributed by atoms with E-state index in [1.165, 1.54) is 6.07 Å². The molecule has 4 heteroatoms. The number of hydrogen-bond acceptors (Lipinski definition) is 2. The minimum Gasteiger partial charge on any atom is -0.367 e. The summed E-state index contributed by atoms with van der Waals surface area (Å²) in [6.45, 7) is 6.82. The van der Waals surface area contributed by atoms with E-state index >= 15 is 0 Å². The lowest BCUT2D eigenvalue weighted by atomic mass is 9.92. The molecular weight excluding hydrogens is 246 g/mol. The molecular formula is C15H22F2N2. The van der Waals surface area contributed by atoms with Gasteiger partial charge in [0.25, 0.3) is 0 Å². The van der Waals surface area contributed by atoms with E-state index in [2.05, 4.69) is 19.2 Å². The minimum atomic E-state index is -0.522. The van der Waals surface area contributed by atoms with Crippen molar-refractivity contribution in [3.05, 3.63) is 29.8 Å². The number of nitrogens with one attached hydrogen (secondary N) is 1. The maximum atomic E-state index is 13.9. The van der Waals surface area contributed by atoms with Gasteiger partial charge in [-0.1, -0.05) is 13.8 Å². The van der Waals surface area contributed by atoms with Crippen molar-refractivity contribution in [2.75, 3.05) is 24.5 Å². The third-order valence-electron chi connectivity index (χ3n) is 4.20. The van der Waals surface area contributed by atoms with Crippen LogP contribution in [0.3, 0.4) is 0 Å². The van der Waals surface area contributed by atoms with Crippen LogP contribution in [0.25, 0.3) is 0 Å².